The van der Waals surface area contributed by atoms with Gasteiger partial charge in [0.2, 0.25) is 0 Å². The molecule has 0 saturated carbocycles. The molecule has 0 radical (unpaired) electrons. The van der Waals surface area contributed by atoms with E-state index in [0.717, 1.165) is 12.1 Å². The van der Waals surface area contributed by atoms with E-state index in [-0.39, 0.29) is 17.8 Å². The lowest BCUT2D eigenvalue weighted by Crippen LogP contribution is -2.02. The molecule has 2 aromatic rings. The van der Waals surface area contributed by atoms with Gasteiger partial charge >= 0.3 is 0 Å². The van der Waals surface area contributed by atoms with Gasteiger partial charge in [-0.1, -0.05) is 6.07 Å². The number of hydrogen-bond donors (Lipinski definition) is 1. The number of halogens is 3. The molecule has 0 bridgehead atoms. The number of hydrogen-bond acceptors (Lipinski definition) is 3. The smallest absolute Gasteiger partial charge is 0.285 e. The van der Waals surface area contributed by atoms with Crippen molar-refractivity contribution < 1.29 is 13.7 Å². The lowest BCUT2D eigenvalue weighted by atomic mass is 10.2. The predicted molar refractivity (Wildman–Crippen MR) is 74.5 cm³/mol. The highest BCUT2D eigenvalue weighted by Crippen LogP contribution is 2.28. The lowest BCUT2D eigenvalue weighted by molar-refractivity contribution is -0.385. The van der Waals surface area contributed by atoms with E-state index in [1.165, 1.54) is 18.2 Å². The number of nitro groups is 1. The average Bonchev–Trinajstić information content (AvgIpc) is 2.39. The molecule has 0 atom stereocenters. The Morgan fingerprint density at radius 3 is 2.60 bits per heavy atom. The molecule has 0 aliphatic carbocycles. The fourth-order valence-electron chi connectivity index (χ4n) is 1.62. The van der Waals surface area contributed by atoms with Gasteiger partial charge in [0.05, 0.1) is 9.40 Å². The molecule has 0 unspecified atom stereocenters. The normalized spacial score (nSPS) is 10.3. The van der Waals surface area contributed by atoms with Crippen molar-refractivity contribution in [3.05, 3.63) is 68.2 Å². The van der Waals surface area contributed by atoms with Crippen LogP contribution in [0.2, 0.25) is 0 Å². The van der Waals surface area contributed by atoms with Crippen molar-refractivity contribution >= 4 is 27.3 Å². The molecule has 0 heterocycles. The molecule has 2 aromatic carbocycles. The molecule has 0 aliphatic rings. The summed E-state index contributed by atoms with van der Waals surface area (Å²) < 4.78 is 26.5. The Bertz CT molecular complexity index is 665. The minimum absolute atomic E-state index is 0.0884. The van der Waals surface area contributed by atoms with Gasteiger partial charge in [-0.15, -0.1) is 0 Å². The molecule has 104 valence electrons. The summed E-state index contributed by atoms with van der Waals surface area (Å²) in [7, 11) is 0. The fourth-order valence-corrected chi connectivity index (χ4v) is 2.02. The van der Waals surface area contributed by atoms with Crippen LogP contribution in [0.4, 0.5) is 20.2 Å². The SMILES string of the molecule is O=[N+]([O-])c1cc(NCc2ccc(F)cc2F)ccc1Br. The van der Waals surface area contributed by atoms with E-state index >= 15 is 0 Å². The third-order valence-corrected chi connectivity index (χ3v) is 3.31. The topological polar surface area (TPSA) is 55.2 Å². The van der Waals surface area contributed by atoms with Gasteiger partial charge in [0, 0.05) is 29.9 Å². The average molecular weight is 343 g/mol. The number of nitrogens with one attached hydrogen (secondary N) is 1. The van der Waals surface area contributed by atoms with Crippen molar-refractivity contribution in [2.24, 2.45) is 0 Å². The lowest BCUT2D eigenvalue weighted by Gasteiger charge is -2.08. The van der Waals surface area contributed by atoms with Gasteiger partial charge < -0.3 is 5.32 Å². The molecule has 0 saturated heterocycles. The number of nitro benzene ring substituents is 1. The molecule has 0 aliphatic heterocycles. The molecule has 0 amide bonds. The molecule has 2 rings (SSSR count). The maximum absolute atomic E-state index is 13.4. The summed E-state index contributed by atoms with van der Waals surface area (Å²) in [6.07, 6.45) is 0. The molecular formula is C13H9BrF2N2O2. The van der Waals surface area contributed by atoms with E-state index in [2.05, 4.69) is 21.2 Å². The summed E-state index contributed by atoms with van der Waals surface area (Å²) in [5, 5.41) is 13.6. The van der Waals surface area contributed by atoms with Gasteiger partial charge in [-0.25, -0.2) is 8.78 Å². The standard InChI is InChI=1S/C13H9BrF2N2O2/c14-11-4-3-10(6-13(11)18(19)20)17-7-8-1-2-9(15)5-12(8)16/h1-6,17H,7H2. The molecule has 0 fully saturated rings. The zero-order valence-electron chi connectivity index (χ0n) is 10.1. The number of nitrogens with zero attached hydrogens (tertiary/aromatic N) is 1. The first-order valence-electron chi connectivity index (χ1n) is 5.59. The van der Waals surface area contributed by atoms with Crippen LogP contribution in [0, 0.1) is 21.7 Å². The van der Waals surface area contributed by atoms with Crippen LogP contribution in [0.15, 0.2) is 40.9 Å². The largest absolute Gasteiger partial charge is 0.381 e. The van der Waals surface area contributed by atoms with Crippen molar-refractivity contribution in [3.8, 4) is 0 Å². The Balaban J connectivity index is 2.15. The van der Waals surface area contributed by atoms with Crippen molar-refractivity contribution in [2.45, 2.75) is 6.54 Å². The Kier molecular flexibility index (Phi) is 4.29. The summed E-state index contributed by atoms with van der Waals surface area (Å²) >= 11 is 3.08. The molecule has 0 aromatic heterocycles. The summed E-state index contributed by atoms with van der Waals surface area (Å²) in [6, 6.07) is 7.77. The highest BCUT2D eigenvalue weighted by molar-refractivity contribution is 9.10. The van der Waals surface area contributed by atoms with Crippen LogP contribution in [0.5, 0.6) is 0 Å². The Morgan fingerprint density at radius 1 is 1.20 bits per heavy atom. The maximum Gasteiger partial charge on any atom is 0.285 e. The second-order valence-electron chi connectivity index (χ2n) is 4.01. The van der Waals surface area contributed by atoms with Gasteiger partial charge in [-0.2, -0.15) is 0 Å². The first kappa shape index (κ1) is 14.4. The quantitative estimate of drug-likeness (QED) is 0.667. The molecule has 1 N–H and O–H groups in total. The van der Waals surface area contributed by atoms with Gasteiger partial charge in [0.15, 0.2) is 0 Å². The first-order chi connectivity index (χ1) is 9.47. The summed E-state index contributed by atoms with van der Waals surface area (Å²) in [6.45, 7) is 0.102. The van der Waals surface area contributed by atoms with E-state index < -0.39 is 16.6 Å². The second kappa shape index (κ2) is 5.96. The second-order valence-corrected chi connectivity index (χ2v) is 4.87. The Morgan fingerprint density at radius 2 is 1.95 bits per heavy atom. The van der Waals surface area contributed by atoms with Crippen LogP contribution in [-0.2, 0) is 6.54 Å². The van der Waals surface area contributed by atoms with E-state index in [0.29, 0.717) is 10.2 Å². The van der Waals surface area contributed by atoms with E-state index in [1.54, 1.807) is 6.07 Å². The van der Waals surface area contributed by atoms with Gasteiger partial charge in [-0.3, -0.25) is 10.1 Å². The number of rotatable bonds is 4. The molecule has 7 heteroatoms. The van der Waals surface area contributed by atoms with E-state index in [1.807, 2.05) is 0 Å². The molecule has 0 spiro atoms. The van der Waals surface area contributed by atoms with Crippen LogP contribution >= 0.6 is 15.9 Å². The van der Waals surface area contributed by atoms with Crippen LogP contribution in [-0.4, -0.2) is 4.92 Å². The van der Waals surface area contributed by atoms with Crippen molar-refractivity contribution in [1.82, 2.24) is 0 Å². The summed E-state index contributed by atoms with van der Waals surface area (Å²) in [5.41, 5.74) is 0.662. The fraction of sp³-hybridized carbons (Fsp3) is 0.0769. The Hall–Kier alpha value is -2.02. The van der Waals surface area contributed by atoms with Crippen LogP contribution < -0.4 is 5.32 Å². The maximum atomic E-state index is 13.4. The first-order valence-corrected chi connectivity index (χ1v) is 6.38. The monoisotopic (exact) mass is 342 g/mol. The van der Waals surface area contributed by atoms with Crippen molar-refractivity contribution in [1.29, 1.82) is 0 Å². The van der Waals surface area contributed by atoms with Gasteiger partial charge in [0.1, 0.15) is 11.6 Å². The minimum atomic E-state index is -0.663. The minimum Gasteiger partial charge on any atom is -0.381 e. The van der Waals surface area contributed by atoms with Gasteiger partial charge in [0.25, 0.3) is 5.69 Å². The van der Waals surface area contributed by atoms with Crippen LogP contribution in [0.3, 0.4) is 0 Å². The summed E-state index contributed by atoms with van der Waals surface area (Å²) in [4.78, 5) is 10.3. The van der Waals surface area contributed by atoms with Crippen LogP contribution in [0.1, 0.15) is 5.56 Å². The van der Waals surface area contributed by atoms with Gasteiger partial charge in [-0.05, 0) is 34.1 Å². The van der Waals surface area contributed by atoms with Crippen LogP contribution in [0.25, 0.3) is 0 Å². The molecule has 20 heavy (non-hydrogen) atoms. The predicted octanol–water partition coefficient (Wildman–Crippen LogP) is 4.25. The number of benzene rings is 2. The zero-order valence-corrected chi connectivity index (χ0v) is 11.7. The highest BCUT2D eigenvalue weighted by Gasteiger charge is 2.12. The molecular weight excluding hydrogens is 334 g/mol. The third-order valence-electron chi connectivity index (χ3n) is 2.64. The van der Waals surface area contributed by atoms with Crippen molar-refractivity contribution in [2.75, 3.05) is 5.32 Å². The summed E-state index contributed by atoms with van der Waals surface area (Å²) in [5.74, 6) is -1.31. The zero-order chi connectivity index (χ0) is 14.7. The van der Waals surface area contributed by atoms with E-state index in [9.17, 15) is 18.9 Å². The Labute approximate surface area is 121 Å². The van der Waals surface area contributed by atoms with Crippen molar-refractivity contribution in [3.63, 3.8) is 0 Å². The molecule has 4 nitrogen and oxygen atoms in total. The third kappa shape index (κ3) is 3.30. The van der Waals surface area contributed by atoms with E-state index in [4.69, 9.17) is 0 Å². The number of anilines is 1. The highest BCUT2D eigenvalue weighted by atomic mass is 79.9.